The third-order valence-electron chi connectivity index (χ3n) is 2.30. The second-order valence-electron chi connectivity index (χ2n) is 3.20. The van der Waals surface area contributed by atoms with Gasteiger partial charge in [-0.05, 0) is 20.0 Å². The van der Waals surface area contributed by atoms with Gasteiger partial charge < -0.3 is 5.11 Å². The SMILES string of the molecule is CN1CC[C@@H](C(=O)O)[C@H]1C(F)(F)F. The van der Waals surface area contributed by atoms with Crippen LogP contribution in [-0.4, -0.2) is 41.8 Å². The van der Waals surface area contributed by atoms with Gasteiger partial charge in [-0.2, -0.15) is 13.2 Å². The summed E-state index contributed by atoms with van der Waals surface area (Å²) in [6, 6.07) is -1.83. The Morgan fingerprint density at radius 1 is 1.54 bits per heavy atom. The number of carboxylic acid groups (broad SMARTS) is 1. The minimum absolute atomic E-state index is 0.0655. The molecule has 0 aromatic heterocycles. The molecule has 0 saturated carbocycles. The Labute approximate surface area is 73.1 Å². The van der Waals surface area contributed by atoms with Crippen LogP contribution in [0.3, 0.4) is 0 Å². The number of rotatable bonds is 1. The lowest BCUT2D eigenvalue weighted by atomic mass is 10.0. The zero-order valence-electron chi connectivity index (χ0n) is 7.01. The van der Waals surface area contributed by atoms with Gasteiger partial charge in [0, 0.05) is 0 Å². The molecule has 1 fully saturated rings. The molecule has 3 nitrogen and oxygen atoms in total. The van der Waals surface area contributed by atoms with Crippen LogP contribution in [0.1, 0.15) is 6.42 Å². The van der Waals surface area contributed by atoms with E-state index in [0.717, 1.165) is 4.90 Å². The smallest absolute Gasteiger partial charge is 0.404 e. The molecule has 0 amide bonds. The molecule has 1 saturated heterocycles. The molecule has 1 N–H and O–H groups in total. The van der Waals surface area contributed by atoms with Crippen molar-refractivity contribution in [1.82, 2.24) is 4.90 Å². The third-order valence-corrected chi connectivity index (χ3v) is 2.30. The highest BCUT2D eigenvalue weighted by Crippen LogP contribution is 2.35. The minimum Gasteiger partial charge on any atom is -0.481 e. The first kappa shape index (κ1) is 10.3. The molecule has 0 aromatic carbocycles. The molecule has 1 heterocycles. The number of hydrogen-bond donors (Lipinski definition) is 1. The predicted octanol–water partition coefficient (Wildman–Crippen LogP) is 0.954. The highest BCUT2D eigenvalue weighted by Gasteiger charge is 2.52. The Hall–Kier alpha value is -0.780. The van der Waals surface area contributed by atoms with Crippen molar-refractivity contribution < 1.29 is 23.1 Å². The zero-order chi connectivity index (χ0) is 10.2. The van der Waals surface area contributed by atoms with Crippen molar-refractivity contribution in [2.24, 2.45) is 5.92 Å². The van der Waals surface area contributed by atoms with Crippen LogP contribution >= 0.6 is 0 Å². The summed E-state index contributed by atoms with van der Waals surface area (Å²) in [5, 5.41) is 8.54. The van der Waals surface area contributed by atoms with Crippen LogP contribution in [-0.2, 0) is 4.79 Å². The van der Waals surface area contributed by atoms with Crippen molar-refractivity contribution in [2.75, 3.05) is 13.6 Å². The van der Waals surface area contributed by atoms with E-state index in [1.54, 1.807) is 0 Å². The van der Waals surface area contributed by atoms with E-state index in [2.05, 4.69) is 0 Å². The van der Waals surface area contributed by atoms with E-state index in [4.69, 9.17) is 5.11 Å². The molecule has 0 radical (unpaired) electrons. The van der Waals surface area contributed by atoms with Crippen LogP contribution in [0.5, 0.6) is 0 Å². The lowest BCUT2D eigenvalue weighted by Crippen LogP contribution is -2.44. The lowest BCUT2D eigenvalue weighted by molar-refractivity contribution is -0.189. The summed E-state index contributed by atoms with van der Waals surface area (Å²) in [5.41, 5.74) is 0. The van der Waals surface area contributed by atoms with Gasteiger partial charge in [-0.3, -0.25) is 9.69 Å². The van der Waals surface area contributed by atoms with Gasteiger partial charge in [0.25, 0.3) is 0 Å². The highest BCUT2D eigenvalue weighted by molar-refractivity contribution is 5.71. The molecular formula is C7H10F3NO2. The summed E-state index contributed by atoms with van der Waals surface area (Å²) in [6.45, 7) is 0.182. The molecule has 0 aliphatic carbocycles. The van der Waals surface area contributed by atoms with E-state index in [0.29, 0.717) is 0 Å². The fourth-order valence-electron chi connectivity index (χ4n) is 1.68. The molecule has 0 unspecified atom stereocenters. The number of hydrogen-bond acceptors (Lipinski definition) is 2. The number of carboxylic acids is 1. The van der Waals surface area contributed by atoms with Gasteiger partial charge in [0.15, 0.2) is 0 Å². The Kier molecular flexibility index (Phi) is 2.51. The van der Waals surface area contributed by atoms with Gasteiger partial charge in [0.05, 0.1) is 5.92 Å². The summed E-state index contributed by atoms with van der Waals surface area (Å²) in [4.78, 5) is 11.5. The van der Waals surface area contributed by atoms with Crippen molar-refractivity contribution in [3.8, 4) is 0 Å². The van der Waals surface area contributed by atoms with Crippen LogP contribution in [0.15, 0.2) is 0 Å². The summed E-state index contributed by atoms with van der Waals surface area (Å²) >= 11 is 0. The van der Waals surface area contributed by atoms with E-state index in [1.807, 2.05) is 0 Å². The van der Waals surface area contributed by atoms with Crippen LogP contribution in [0.25, 0.3) is 0 Å². The molecule has 76 valence electrons. The van der Waals surface area contributed by atoms with Gasteiger partial charge in [-0.15, -0.1) is 0 Å². The Bertz CT molecular complexity index is 216. The predicted molar refractivity (Wildman–Crippen MR) is 38.2 cm³/mol. The van der Waals surface area contributed by atoms with Crippen LogP contribution in [0, 0.1) is 5.92 Å². The molecule has 1 rings (SSSR count). The van der Waals surface area contributed by atoms with Crippen molar-refractivity contribution in [3.05, 3.63) is 0 Å². The lowest BCUT2D eigenvalue weighted by Gasteiger charge is -2.24. The summed E-state index contributed by atoms with van der Waals surface area (Å²) in [5.74, 6) is -2.68. The summed E-state index contributed by atoms with van der Waals surface area (Å²) in [7, 11) is 1.29. The molecule has 2 atom stereocenters. The Morgan fingerprint density at radius 2 is 2.08 bits per heavy atom. The topological polar surface area (TPSA) is 40.5 Å². The monoisotopic (exact) mass is 197 g/mol. The first-order chi connectivity index (χ1) is 5.84. The molecule has 1 aliphatic rings. The van der Waals surface area contributed by atoms with Crippen LogP contribution < -0.4 is 0 Å². The van der Waals surface area contributed by atoms with Crippen molar-refractivity contribution in [3.63, 3.8) is 0 Å². The molecule has 13 heavy (non-hydrogen) atoms. The molecule has 0 bridgehead atoms. The maximum absolute atomic E-state index is 12.3. The quantitative estimate of drug-likeness (QED) is 0.680. The normalized spacial score (nSPS) is 30.8. The zero-order valence-corrected chi connectivity index (χ0v) is 7.01. The maximum Gasteiger partial charge on any atom is 0.404 e. The minimum atomic E-state index is -4.45. The molecule has 0 aromatic rings. The molecule has 1 aliphatic heterocycles. The van der Waals surface area contributed by atoms with Crippen molar-refractivity contribution in [1.29, 1.82) is 0 Å². The van der Waals surface area contributed by atoms with Gasteiger partial charge in [0.1, 0.15) is 6.04 Å². The average molecular weight is 197 g/mol. The number of carbonyl (C=O) groups is 1. The first-order valence-corrected chi connectivity index (χ1v) is 3.84. The number of nitrogens with zero attached hydrogens (tertiary/aromatic N) is 1. The van der Waals surface area contributed by atoms with E-state index in [-0.39, 0.29) is 13.0 Å². The molecular weight excluding hydrogens is 187 g/mol. The van der Waals surface area contributed by atoms with E-state index in [9.17, 15) is 18.0 Å². The Balaban J connectivity index is 2.83. The highest BCUT2D eigenvalue weighted by atomic mass is 19.4. The number of alkyl halides is 3. The Morgan fingerprint density at radius 3 is 2.38 bits per heavy atom. The largest absolute Gasteiger partial charge is 0.481 e. The number of halogens is 3. The standard InChI is InChI=1S/C7H10F3NO2/c1-11-3-2-4(6(12)13)5(11)7(8,9)10/h4-5H,2-3H2,1H3,(H,12,13)/t4-,5+/m1/s1. The van der Waals surface area contributed by atoms with Crippen LogP contribution in [0.4, 0.5) is 13.2 Å². The summed E-state index contributed by atoms with van der Waals surface area (Å²) in [6.07, 6.45) is -4.38. The second-order valence-corrected chi connectivity index (χ2v) is 3.20. The molecule has 0 spiro atoms. The molecule has 6 heteroatoms. The summed E-state index contributed by atoms with van der Waals surface area (Å²) < 4.78 is 36.9. The van der Waals surface area contributed by atoms with Gasteiger partial charge in [-0.1, -0.05) is 0 Å². The first-order valence-electron chi connectivity index (χ1n) is 3.84. The van der Waals surface area contributed by atoms with Gasteiger partial charge >= 0.3 is 12.1 Å². The van der Waals surface area contributed by atoms with Gasteiger partial charge in [-0.25, -0.2) is 0 Å². The maximum atomic E-state index is 12.3. The van der Waals surface area contributed by atoms with E-state index < -0.39 is 24.1 Å². The fourth-order valence-corrected chi connectivity index (χ4v) is 1.68. The fraction of sp³-hybridized carbons (Fsp3) is 0.857. The van der Waals surface area contributed by atoms with Crippen LogP contribution in [0.2, 0.25) is 0 Å². The van der Waals surface area contributed by atoms with E-state index in [1.165, 1.54) is 7.05 Å². The van der Waals surface area contributed by atoms with E-state index >= 15 is 0 Å². The van der Waals surface area contributed by atoms with Gasteiger partial charge in [0.2, 0.25) is 0 Å². The van der Waals surface area contributed by atoms with Crippen molar-refractivity contribution in [2.45, 2.75) is 18.6 Å². The number of likely N-dealkylation sites (tertiary alicyclic amines) is 1. The third kappa shape index (κ3) is 1.93. The van der Waals surface area contributed by atoms with Crippen molar-refractivity contribution >= 4 is 5.97 Å². The average Bonchev–Trinajstić information content (AvgIpc) is 2.28. The number of aliphatic carboxylic acids is 1. The second kappa shape index (κ2) is 3.17.